The zero-order chi connectivity index (χ0) is 10.8. The number of hydrogen-bond donors (Lipinski definition) is 1. The molecule has 6 heteroatoms. The summed E-state index contributed by atoms with van der Waals surface area (Å²) < 4.78 is 2.52. The van der Waals surface area contributed by atoms with Crippen LogP contribution in [0.3, 0.4) is 0 Å². The van der Waals surface area contributed by atoms with Crippen molar-refractivity contribution in [1.29, 1.82) is 0 Å². The van der Waals surface area contributed by atoms with Gasteiger partial charge in [-0.05, 0) is 40.8 Å². The second kappa shape index (κ2) is 3.97. The topological polar surface area (TPSA) is 67.5 Å². The summed E-state index contributed by atoms with van der Waals surface area (Å²) in [4.78, 5) is 14.4. The van der Waals surface area contributed by atoms with Crippen LogP contribution in [0.25, 0.3) is 11.7 Å². The molecule has 0 aliphatic rings. The van der Waals surface area contributed by atoms with Gasteiger partial charge in [0.25, 0.3) is 0 Å². The normalized spacial score (nSPS) is 11.3. The molecule has 76 valence electrons. The molecule has 15 heavy (non-hydrogen) atoms. The van der Waals surface area contributed by atoms with E-state index in [1.54, 1.807) is 4.52 Å². The van der Waals surface area contributed by atoms with Crippen molar-refractivity contribution < 1.29 is 9.90 Å². The lowest BCUT2D eigenvalue weighted by molar-refractivity contribution is -0.131. The second-order valence-electron chi connectivity index (χ2n) is 2.77. The lowest BCUT2D eigenvalue weighted by Crippen LogP contribution is -1.97. The smallest absolute Gasteiger partial charge is 0.328 e. The zero-order valence-corrected chi connectivity index (χ0v) is 9.62. The van der Waals surface area contributed by atoms with E-state index in [9.17, 15) is 4.79 Å². The van der Waals surface area contributed by atoms with Crippen LogP contribution < -0.4 is 0 Å². The zero-order valence-electron chi connectivity index (χ0n) is 7.46. The Morgan fingerprint density at radius 2 is 2.33 bits per heavy atom. The molecule has 0 aliphatic carbocycles. The van der Waals surface area contributed by atoms with Crippen molar-refractivity contribution in [2.75, 3.05) is 0 Å². The van der Waals surface area contributed by atoms with Crippen LogP contribution in [0.1, 0.15) is 5.69 Å². The first kappa shape index (κ1) is 10.1. The molecule has 0 saturated carbocycles. The highest BCUT2D eigenvalue weighted by Gasteiger charge is 2.04. The van der Waals surface area contributed by atoms with Crippen molar-refractivity contribution in [1.82, 2.24) is 14.6 Å². The molecule has 0 unspecified atom stereocenters. The van der Waals surface area contributed by atoms with E-state index in [0.717, 1.165) is 9.65 Å². The number of nitrogens with zero attached hydrogens (tertiary/aromatic N) is 3. The van der Waals surface area contributed by atoms with Crippen molar-refractivity contribution in [3.63, 3.8) is 0 Å². The molecule has 0 atom stereocenters. The van der Waals surface area contributed by atoms with Crippen LogP contribution in [0.5, 0.6) is 0 Å². The monoisotopic (exact) mass is 315 g/mol. The molecule has 0 aliphatic heterocycles. The summed E-state index contributed by atoms with van der Waals surface area (Å²) in [6.45, 7) is 0. The van der Waals surface area contributed by atoms with E-state index in [1.807, 2.05) is 12.1 Å². The molecule has 0 spiro atoms. The number of carbonyl (C=O) groups is 1. The minimum Gasteiger partial charge on any atom is -0.478 e. The predicted octanol–water partition coefficient (Wildman–Crippen LogP) is 1.43. The standard InChI is InChI=1S/C9H6IN3O2/c10-6-1-3-8-11-5-12-13(8)7(6)2-4-9(14)15/h1-5H,(H,14,15). The Balaban J connectivity index is 2.61. The van der Waals surface area contributed by atoms with Gasteiger partial charge in [0.2, 0.25) is 0 Å². The molecule has 0 fully saturated rings. The number of halogens is 1. The average Bonchev–Trinajstić information content (AvgIpc) is 2.63. The van der Waals surface area contributed by atoms with Crippen LogP contribution in [-0.2, 0) is 4.79 Å². The maximum atomic E-state index is 10.4. The molecule has 5 nitrogen and oxygen atoms in total. The van der Waals surface area contributed by atoms with Gasteiger partial charge in [-0.1, -0.05) is 0 Å². The van der Waals surface area contributed by atoms with Gasteiger partial charge in [0, 0.05) is 9.65 Å². The molecule has 1 N–H and O–H groups in total. The number of hydrogen-bond acceptors (Lipinski definition) is 3. The maximum absolute atomic E-state index is 10.4. The summed E-state index contributed by atoms with van der Waals surface area (Å²) >= 11 is 2.12. The van der Waals surface area contributed by atoms with E-state index in [-0.39, 0.29) is 0 Å². The highest BCUT2D eigenvalue weighted by molar-refractivity contribution is 14.1. The first-order valence-corrected chi connectivity index (χ1v) is 5.15. The van der Waals surface area contributed by atoms with Crippen LogP contribution in [0, 0.1) is 3.57 Å². The van der Waals surface area contributed by atoms with Crippen LogP contribution in [0.15, 0.2) is 24.5 Å². The molecular formula is C9H6IN3O2. The Kier molecular flexibility index (Phi) is 2.67. The molecule has 0 saturated heterocycles. The fraction of sp³-hybridized carbons (Fsp3) is 0. The number of pyridine rings is 1. The number of carboxylic acids is 1. The van der Waals surface area contributed by atoms with Crippen molar-refractivity contribution in [3.05, 3.63) is 33.8 Å². The lowest BCUT2D eigenvalue weighted by Gasteiger charge is -2.00. The van der Waals surface area contributed by atoms with Gasteiger partial charge in [-0.2, -0.15) is 5.10 Å². The molecule has 2 aromatic heterocycles. The summed E-state index contributed by atoms with van der Waals surface area (Å²) in [6.07, 6.45) is 4.02. The van der Waals surface area contributed by atoms with Crippen molar-refractivity contribution in [2.24, 2.45) is 0 Å². The number of aromatic nitrogens is 3. The highest BCUT2D eigenvalue weighted by Crippen LogP contribution is 2.14. The SMILES string of the molecule is O=C(O)C=Cc1c(I)ccc2ncnn12. The van der Waals surface area contributed by atoms with Gasteiger partial charge in [0.1, 0.15) is 6.33 Å². The first-order chi connectivity index (χ1) is 7.18. The number of fused-ring (bicyclic) bond motifs is 1. The third-order valence-corrected chi connectivity index (χ3v) is 2.72. The van der Waals surface area contributed by atoms with Crippen LogP contribution >= 0.6 is 22.6 Å². The first-order valence-electron chi connectivity index (χ1n) is 4.08. The Bertz CT molecular complexity index is 547. The molecular weight excluding hydrogens is 309 g/mol. The Morgan fingerprint density at radius 1 is 1.53 bits per heavy atom. The summed E-state index contributed by atoms with van der Waals surface area (Å²) in [6, 6.07) is 3.69. The molecule has 2 heterocycles. The van der Waals surface area contributed by atoms with Gasteiger partial charge in [0.05, 0.1) is 5.69 Å². The molecule has 0 amide bonds. The number of aliphatic carboxylic acids is 1. The molecule has 0 radical (unpaired) electrons. The van der Waals surface area contributed by atoms with Crippen LogP contribution in [0.2, 0.25) is 0 Å². The Hall–Kier alpha value is -1.44. The lowest BCUT2D eigenvalue weighted by atomic mass is 10.3. The van der Waals surface area contributed by atoms with Gasteiger partial charge >= 0.3 is 5.97 Å². The molecule has 2 rings (SSSR count). The molecule has 0 aromatic carbocycles. The predicted molar refractivity (Wildman–Crippen MR) is 62.4 cm³/mol. The van der Waals surface area contributed by atoms with E-state index in [1.165, 1.54) is 12.4 Å². The van der Waals surface area contributed by atoms with E-state index in [0.29, 0.717) is 11.3 Å². The van der Waals surface area contributed by atoms with E-state index in [2.05, 4.69) is 32.7 Å². The van der Waals surface area contributed by atoms with Gasteiger partial charge < -0.3 is 5.11 Å². The van der Waals surface area contributed by atoms with Gasteiger partial charge in [-0.15, -0.1) is 0 Å². The fourth-order valence-corrected chi connectivity index (χ4v) is 1.77. The fourth-order valence-electron chi connectivity index (χ4n) is 1.18. The van der Waals surface area contributed by atoms with Crippen LogP contribution in [0.4, 0.5) is 0 Å². The molecule has 0 bridgehead atoms. The average molecular weight is 315 g/mol. The van der Waals surface area contributed by atoms with Crippen molar-refractivity contribution in [3.8, 4) is 0 Å². The van der Waals surface area contributed by atoms with Crippen molar-refractivity contribution >= 4 is 40.3 Å². The number of rotatable bonds is 2. The summed E-state index contributed by atoms with van der Waals surface area (Å²) in [5.41, 5.74) is 1.41. The summed E-state index contributed by atoms with van der Waals surface area (Å²) in [5, 5.41) is 12.6. The maximum Gasteiger partial charge on any atom is 0.328 e. The number of carboxylic acid groups (broad SMARTS) is 1. The summed E-state index contributed by atoms with van der Waals surface area (Å²) in [7, 11) is 0. The molecule has 2 aromatic rings. The Morgan fingerprint density at radius 3 is 3.07 bits per heavy atom. The second-order valence-corrected chi connectivity index (χ2v) is 3.93. The van der Waals surface area contributed by atoms with Gasteiger partial charge in [-0.3, -0.25) is 0 Å². The third kappa shape index (κ3) is 1.99. The van der Waals surface area contributed by atoms with Crippen LogP contribution in [-0.4, -0.2) is 25.7 Å². The van der Waals surface area contributed by atoms with Gasteiger partial charge in [-0.25, -0.2) is 14.3 Å². The minimum atomic E-state index is -0.983. The highest BCUT2D eigenvalue weighted by atomic mass is 127. The largest absolute Gasteiger partial charge is 0.478 e. The van der Waals surface area contributed by atoms with E-state index < -0.39 is 5.97 Å². The van der Waals surface area contributed by atoms with E-state index in [4.69, 9.17) is 5.11 Å². The third-order valence-electron chi connectivity index (χ3n) is 1.81. The quantitative estimate of drug-likeness (QED) is 0.672. The van der Waals surface area contributed by atoms with Gasteiger partial charge in [0.15, 0.2) is 5.65 Å². The minimum absolute atomic E-state index is 0.695. The summed E-state index contributed by atoms with van der Waals surface area (Å²) in [5.74, 6) is -0.983. The van der Waals surface area contributed by atoms with E-state index >= 15 is 0 Å². The van der Waals surface area contributed by atoms with Crippen molar-refractivity contribution in [2.45, 2.75) is 0 Å². The Labute approximate surface area is 98.6 Å².